The zero-order valence-electron chi connectivity index (χ0n) is 20.8. The van der Waals surface area contributed by atoms with Crippen LogP contribution >= 0.6 is 0 Å². The average molecular weight is 441 g/mol. The number of carbonyl (C=O) groups excluding carboxylic acids is 2. The van der Waals surface area contributed by atoms with Gasteiger partial charge in [-0.3, -0.25) is 14.5 Å². The number of nitrogens with zero attached hydrogens (tertiary/aromatic N) is 1. The summed E-state index contributed by atoms with van der Waals surface area (Å²) >= 11 is 0. The predicted octanol–water partition coefficient (Wildman–Crippen LogP) is 6.38. The van der Waals surface area contributed by atoms with E-state index in [0.717, 1.165) is 19.3 Å². The van der Waals surface area contributed by atoms with Crippen molar-refractivity contribution in [3.63, 3.8) is 0 Å². The van der Waals surface area contributed by atoms with Gasteiger partial charge in [0.15, 0.2) is 0 Å². The predicted molar refractivity (Wildman–Crippen MR) is 127 cm³/mol. The van der Waals surface area contributed by atoms with E-state index in [0.29, 0.717) is 6.42 Å². The van der Waals surface area contributed by atoms with Gasteiger partial charge in [0.05, 0.1) is 6.42 Å². The molecule has 0 aliphatic carbocycles. The van der Waals surface area contributed by atoms with E-state index in [-0.39, 0.29) is 24.3 Å². The van der Waals surface area contributed by atoms with Crippen molar-refractivity contribution in [1.29, 1.82) is 0 Å². The summed E-state index contributed by atoms with van der Waals surface area (Å²) in [5.41, 5.74) is -0.258. The van der Waals surface area contributed by atoms with Gasteiger partial charge in [-0.15, -0.1) is 0 Å². The Morgan fingerprint density at radius 1 is 0.839 bits per heavy atom. The number of carbonyl (C=O) groups is 3. The number of carboxylic acid groups (broad SMARTS) is 1. The molecule has 0 saturated carbocycles. The Balaban J connectivity index is 4.37. The summed E-state index contributed by atoms with van der Waals surface area (Å²) in [5, 5.41) is 11.8. The van der Waals surface area contributed by atoms with Gasteiger partial charge in [-0.1, -0.05) is 105 Å². The molecule has 1 unspecified atom stereocenters. The summed E-state index contributed by atoms with van der Waals surface area (Å²) in [5.74, 6) is -2.02. The molecule has 0 aromatic carbocycles. The van der Waals surface area contributed by atoms with Gasteiger partial charge in [-0.2, -0.15) is 0 Å². The van der Waals surface area contributed by atoms with Crippen molar-refractivity contribution in [3.8, 4) is 0 Å². The molecule has 0 aliphatic rings. The lowest BCUT2D eigenvalue weighted by molar-refractivity contribution is -0.144. The molecular weight excluding hydrogens is 392 g/mol. The number of imide groups is 1. The van der Waals surface area contributed by atoms with Gasteiger partial charge in [-0.25, -0.2) is 4.79 Å². The molecule has 0 heterocycles. The molecule has 1 atom stereocenters. The first-order valence-electron chi connectivity index (χ1n) is 12.4. The third kappa shape index (κ3) is 15.8. The lowest BCUT2D eigenvalue weighted by atomic mass is 9.92. The van der Waals surface area contributed by atoms with Crippen LogP contribution in [0.1, 0.15) is 118 Å². The average Bonchev–Trinajstić information content (AvgIpc) is 2.69. The van der Waals surface area contributed by atoms with Crippen LogP contribution in [-0.2, 0) is 9.59 Å². The molecular formula is C25H48N2O4. The number of aliphatic carboxylic acids is 1. The highest BCUT2D eigenvalue weighted by Gasteiger charge is 2.32. The molecule has 6 heteroatoms. The van der Waals surface area contributed by atoms with Gasteiger partial charge in [0, 0.05) is 19.5 Å². The third-order valence-electron chi connectivity index (χ3n) is 5.53. The highest BCUT2D eigenvalue weighted by atomic mass is 16.4. The number of rotatable bonds is 17. The number of hydrogen-bond donors (Lipinski definition) is 2. The van der Waals surface area contributed by atoms with E-state index in [1.807, 2.05) is 20.8 Å². The Labute approximate surface area is 190 Å². The molecule has 0 saturated heterocycles. The maximum Gasteiger partial charge on any atom is 0.323 e. The van der Waals surface area contributed by atoms with Gasteiger partial charge in [0.2, 0.25) is 5.91 Å². The second kappa shape index (κ2) is 17.0. The summed E-state index contributed by atoms with van der Waals surface area (Å²) in [6.45, 7) is 8.36. The molecule has 6 nitrogen and oxygen atoms in total. The molecule has 0 radical (unpaired) electrons. The highest BCUT2D eigenvalue weighted by Crippen LogP contribution is 2.22. The quantitative estimate of drug-likeness (QED) is 0.257. The molecule has 2 N–H and O–H groups in total. The molecule has 0 rings (SSSR count). The fraction of sp³-hybridized carbons (Fsp3) is 0.880. The minimum Gasteiger partial charge on any atom is -0.481 e. The fourth-order valence-electron chi connectivity index (χ4n) is 3.83. The molecule has 0 spiro atoms. The maximum absolute atomic E-state index is 13.0. The van der Waals surface area contributed by atoms with Gasteiger partial charge in [-0.05, 0) is 11.8 Å². The van der Waals surface area contributed by atoms with E-state index >= 15 is 0 Å². The minimum atomic E-state index is -0.995. The summed E-state index contributed by atoms with van der Waals surface area (Å²) in [6, 6.07) is -0.468. The molecule has 0 fully saturated rings. The number of unbranched alkanes of at least 4 members (excludes halogenated alkanes) is 11. The van der Waals surface area contributed by atoms with Gasteiger partial charge in [0.1, 0.15) is 0 Å². The van der Waals surface area contributed by atoms with Crippen molar-refractivity contribution in [2.24, 2.45) is 11.3 Å². The Morgan fingerprint density at radius 3 is 1.68 bits per heavy atom. The zero-order chi connectivity index (χ0) is 23.7. The minimum absolute atomic E-state index is 0.228. The third-order valence-corrected chi connectivity index (χ3v) is 5.53. The second-order valence-corrected chi connectivity index (χ2v) is 10.0. The van der Waals surface area contributed by atoms with Crippen molar-refractivity contribution in [3.05, 3.63) is 0 Å². The first-order chi connectivity index (χ1) is 14.6. The van der Waals surface area contributed by atoms with Crippen LogP contribution in [0, 0.1) is 11.3 Å². The Kier molecular flexibility index (Phi) is 16.1. The summed E-state index contributed by atoms with van der Waals surface area (Å²) in [4.78, 5) is 37.7. The summed E-state index contributed by atoms with van der Waals surface area (Å²) < 4.78 is 0. The van der Waals surface area contributed by atoms with E-state index < -0.39 is 17.9 Å². The maximum atomic E-state index is 13.0. The van der Waals surface area contributed by atoms with E-state index in [9.17, 15) is 19.5 Å². The number of hydrogen-bond acceptors (Lipinski definition) is 3. The molecule has 31 heavy (non-hydrogen) atoms. The van der Waals surface area contributed by atoms with Crippen LogP contribution in [0.4, 0.5) is 4.79 Å². The van der Waals surface area contributed by atoms with E-state index in [4.69, 9.17) is 0 Å². The highest BCUT2D eigenvalue weighted by molar-refractivity contribution is 5.96. The first kappa shape index (κ1) is 29.4. The SMILES string of the molecule is CCCCCCCCCCCCCCC(CC(=O)O)C(=O)N(CC(C)(C)C)C(=O)NC. The topological polar surface area (TPSA) is 86.7 Å². The monoisotopic (exact) mass is 440 g/mol. The normalized spacial score (nSPS) is 12.4. The van der Waals surface area contributed by atoms with Crippen molar-refractivity contribution >= 4 is 17.9 Å². The van der Waals surface area contributed by atoms with Crippen molar-refractivity contribution < 1.29 is 19.5 Å². The van der Waals surface area contributed by atoms with Crippen LogP contribution in [0.25, 0.3) is 0 Å². The number of amides is 3. The fourth-order valence-corrected chi connectivity index (χ4v) is 3.83. The Bertz CT molecular complexity index is 514. The second-order valence-electron chi connectivity index (χ2n) is 10.0. The molecule has 3 amide bonds. The molecule has 0 aromatic heterocycles. The van der Waals surface area contributed by atoms with Gasteiger partial charge in [0.25, 0.3) is 0 Å². The smallest absolute Gasteiger partial charge is 0.323 e. The van der Waals surface area contributed by atoms with Crippen LogP contribution in [0.15, 0.2) is 0 Å². The lowest BCUT2D eigenvalue weighted by Crippen LogP contribution is -2.49. The standard InChI is InChI=1S/C25H48N2O4/c1-6-7-8-9-10-11-12-13-14-15-16-17-18-21(19-22(28)29)23(30)27(24(31)26-5)20-25(2,3)4/h21H,6-20H2,1-5H3,(H,26,31)(H,28,29). The van der Waals surface area contributed by atoms with E-state index in [1.54, 1.807) is 0 Å². The largest absolute Gasteiger partial charge is 0.481 e. The van der Waals surface area contributed by atoms with Crippen molar-refractivity contribution in [1.82, 2.24) is 10.2 Å². The van der Waals surface area contributed by atoms with Crippen molar-refractivity contribution in [2.75, 3.05) is 13.6 Å². The summed E-state index contributed by atoms with van der Waals surface area (Å²) in [7, 11) is 1.49. The van der Waals surface area contributed by atoms with E-state index in [1.165, 1.54) is 69.7 Å². The Morgan fingerprint density at radius 2 is 1.29 bits per heavy atom. The van der Waals surface area contributed by atoms with Crippen LogP contribution in [-0.4, -0.2) is 41.5 Å². The van der Waals surface area contributed by atoms with Crippen molar-refractivity contribution in [2.45, 2.75) is 118 Å². The Hall–Kier alpha value is -1.59. The van der Waals surface area contributed by atoms with Crippen LogP contribution < -0.4 is 5.32 Å². The zero-order valence-corrected chi connectivity index (χ0v) is 20.8. The van der Waals surface area contributed by atoms with Gasteiger partial charge >= 0.3 is 12.0 Å². The molecule has 0 aliphatic heterocycles. The van der Waals surface area contributed by atoms with Crippen LogP contribution in [0.2, 0.25) is 0 Å². The first-order valence-corrected chi connectivity index (χ1v) is 12.4. The molecule has 182 valence electrons. The van der Waals surface area contributed by atoms with E-state index in [2.05, 4.69) is 12.2 Å². The summed E-state index contributed by atoms with van der Waals surface area (Å²) in [6.07, 6.45) is 15.0. The molecule has 0 aromatic rings. The number of carboxylic acids is 1. The van der Waals surface area contributed by atoms with Crippen LogP contribution in [0.5, 0.6) is 0 Å². The van der Waals surface area contributed by atoms with Gasteiger partial charge < -0.3 is 10.4 Å². The lowest BCUT2D eigenvalue weighted by Gasteiger charge is -2.30. The number of nitrogens with one attached hydrogen (secondary N) is 1. The van der Waals surface area contributed by atoms with Crippen LogP contribution in [0.3, 0.4) is 0 Å². The molecule has 0 bridgehead atoms. The number of urea groups is 1.